The van der Waals surface area contributed by atoms with Crippen LogP contribution in [0.25, 0.3) is 0 Å². The van der Waals surface area contributed by atoms with Crippen molar-refractivity contribution in [1.82, 2.24) is 15.0 Å². The Bertz CT molecular complexity index is 992. The van der Waals surface area contributed by atoms with Gasteiger partial charge < -0.3 is 5.73 Å². The Balaban J connectivity index is 1.94. The van der Waals surface area contributed by atoms with E-state index in [0.29, 0.717) is 6.42 Å². The Kier molecular flexibility index (Phi) is 7.50. The highest BCUT2D eigenvalue weighted by atomic mass is 16.1. The summed E-state index contributed by atoms with van der Waals surface area (Å²) in [5.74, 6) is 0.0135. The van der Waals surface area contributed by atoms with Crippen molar-refractivity contribution in [2.24, 2.45) is 11.7 Å². The molecule has 3 aromatic rings. The van der Waals surface area contributed by atoms with Gasteiger partial charge in [0.15, 0.2) is 0 Å². The Morgan fingerprint density at radius 1 is 0.935 bits per heavy atom. The van der Waals surface area contributed by atoms with Gasteiger partial charge in [0.1, 0.15) is 0 Å². The number of hydrogen-bond acceptors (Lipinski definition) is 4. The largest absolute Gasteiger partial charge is 0.370 e. The van der Waals surface area contributed by atoms with Crippen molar-refractivity contribution in [3.05, 3.63) is 88.3 Å². The van der Waals surface area contributed by atoms with E-state index in [9.17, 15) is 4.79 Å². The fourth-order valence-electron chi connectivity index (χ4n) is 4.53. The summed E-state index contributed by atoms with van der Waals surface area (Å²) >= 11 is 0. The van der Waals surface area contributed by atoms with Crippen LogP contribution in [0, 0.1) is 33.6 Å². The van der Waals surface area contributed by atoms with E-state index in [4.69, 9.17) is 5.73 Å². The zero-order valence-corrected chi connectivity index (χ0v) is 18.9. The number of pyridine rings is 3. The van der Waals surface area contributed by atoms with Gasteiger partial charge >= 0.3 is 0 Å². The van der Waals surface area contributed by atoms with E-state index in [0.717, 1.165) is 47.6 Å². The number of nitrogens with two attached hydrogens (primary N) is 1. The molecule has 0 fully saturated rings. The third-order valence-corrected chi connectivity index (χ3v) is 5.69. The van der Waals surface area contributed by atoms with Crippen LogP contribution in [0.4, 0.5) is 0 Å². The van der Waals surface area contributed by atoms with E-state index in [1.54, 1.807) is 6.20 Å². The molecular formula is C26H32N4O. The maximum absolute atomic E-state index is 12.0. The van der Waals surface area contributed by atoms with Crippen molar-refractivity contribution in [2.75, 3.05) is 0 Å². The molecule has 0 saturated carbocycles. The Morgan fingerprint density at radius 3 is 2.10 bits per heavy atom. The fraction of sp³-hybridized carbons (Fsp3) is 0.385. The second kappa shape index (κ2) is 10.3. The molecule has 3 heterocycles. The van der Waals surface area contributed by atoms with Crippen LogP contribution in [0.2, 0.25) is 0 Å². The first-order valence-electron chi connectivity index (χ1n) is 10.9. The number of aromatic nitrogens is 3. The molecule has 5 heteroatoms. The van der Waals surface area contributed by atoms with Crippen LogP contribution in [0.3, 0.4) is 0 Å². The summed E-state index contributed by atoms with van der Waals surface area (Å²) in [5, 5.41) is 0. The number of nitrogens with zero attached hydrogens (tertiary/aromatic N) is 3. The van der Waals surface area contributed by atoms with Crippen LogP contribution in [-0.4, -0.2) is 20.9 Å². The quantitative estimate of drug-likeness (QED) is 0.554. The smallest absolute Gasteiger partial charge is 0.217 e. The Hall–Kier alpha value is -3.08. The van der Waals surface area contributed by atoms with Crippen LogP contribution < -0.4 is 5.73 Å². The highest BCUT2D eigenvalue weighted by Crippen LogP contribution is 2.34. The zero-order chi connectivity index (χ0) is 22.4. The summed E-state index contributed by atoms with van der Waals surface area (Å²) in [7, 11) is 0. The molecule has 0 radical (unpaired) electrons. The van der Waals surface area contributed by atoms with Gasteiger partial charge in [-0.05, 0) is 106 Å². The minimum atomic E-state index is -0.259. The standard InChI is InChI=1S/C26H32N4O/c1-17-10-21(11-18(2)29-17)7-8-23(15-26(27)31)25(14-22-6-5-9-28-16-22)24-12-19(3)30-20(4)13-24/h5-6,9-13,16,23,25H,7-8,14-15H2,1-4H3,(H2,27,31). The van der Waals surface area contributed by atoms with Crippen LogP contribution >= 0.6 is 0 Å². The zero-order valence-electron chi connectivity index (χ0n) is 18.9. The number of carbonyl (C=O) groups excluding carboxylic acids is 1. The van der Waals surface area contributed by atoms with Gasteiger partial charge in [-0.25, -0.2) is 0 Å². The first-order chi connectivity index (χ1) is 14.8. The van der Waals surface area contributed by atoms with Crippen LogP contribution in [0.15, 0.2) is 48.8 Å². The molecule has 2 unspecified atom stereocenters. The third kappa shape index (κ3) is 6.71. The van der Waals surface area contributed by atoms with Crippen molar-refractivity contribution in [1.29, 1.82) is 0 Å². The SMILES string of the molecule is Cc1cc(CCC(CC(N)=O)C(Cc2cccnc2)c2cc(C)nc(C)c2)cc(C)n1. The van der Waals surface area contributed by atoms with Gasteiger partial charge in [-0.2, -0.15) is 0 Å². The number of carbonyl (C=O) groups is 1. The Labute approximate surface area is 185 Å². The van der Waals surface area contributed by atoms with Gasteiger partial charge in [-0.3, -0.25) is 19.7 Å². The summed E-state index contributed by atoms with van der Waals surface area (Å²) < 4.78 is 0. The topological polar surface area (TPSA) is 81.8 Å². The van der Waals surface area contributed by atoms with E-state index in [1.165, 1.54) is 11.1 Å². The van der Waals surface area contributed by atoms with Gasteiger partial charge in [-0.1, -0.05) is 6.07 Å². The summed E-state index contributed by atoms with van der Waals surface area (Å²) in [5.41, 5.74) is 13.3. The van der Waals surface area contributed by atoms with E-state index in [-0.39, 0.29) is 17.7 Å². The molecule has 5 nitrogen and oxygen atoms in total. The maximum Gasteiger partial charge on any atom is 0.217 e. The van der Waals surface area contributed by atoms with Crippen LogP contribution in [0.5, 0.6) is 0 Å². The van der Waals surface area contributed by atoms with Crippen molar-refractivity contribution >= 4 is 5.91 Å². The lowest BCUT2D eigenvalue weighted by atomic mass is 9.77. The molecule has 162 valence electrons. The molecule has 0 aromatic carbocycles. The maximum atomic E-state index is 12.0. The molecule has 3 rings (SSSR count). The molecule has 0 spiro atoms. The fourth-order valence-corrected chi connectivity index (χ4v) is 4.53. The molecule has 1 amide bonds. The molecule has 0 aliphatic heterocycles. The number of hydrogen-bond donors (Lipinski definition) is 1. The van der Waals surface area contributed by atoms with Crippen molar-refractivity contribution in [2.45, 2.75) is 59.3 Å². The van der Waals surface area contributed by atoms with Gasteiger partial charge in [0, 0.05) is 41.6 Å². The van der Waals surface area contributed by atoms with Crippen molar-refractivity contribution < 1.29 is 4.79 Å². The molecule has 2 N–H and O–H groups in total. The highest BCUT2D eigenvalue weighted by Gasteiger charge is 2.26. The van der Waals surface area contributed by atoms with Gasteiger partial charge in [0.2, 0.25) is 5.91 Å². The lowest BCUT2D eigenvalue weighted by molar-refractivity contribution is -0.119. The minimum absolute atomic E-state index is 0.118. The lowest BCUT2D eigenvalue weighted by Crippen LogP contribution is -2.24. The predicted octanol–water partition coefficient (Wildman–Crippen LogP) is 4.56. The summed E-state index contributed by atoms with van der Waals surface area (Å²) in [6.07, 6.45) is 6.61. The molecule has 31 heavy (non-hydrogen) atoms. The first-order valence-corrected chi connectivity index (χ1v) is 10.9. The van der Waals surface area contributed by atoms with Crippen LogP contribution in [0.1, 0.15) is 58.2 Å². The summed E-state index contributed by atoms with van der Waals surface area (Å²) in [6, 6.07) is 12.6. The molecule has 0 saturated heterocycles. The number of amides is 1. The van der Waals surface area contributed by atoms with Crippen LogP contribution in [-0.2, 0) is 17.6 Å². The molecule has 2 atom stereocenters. The Morgan fingerprint density at radius 2 is 1.55 bits per heavy atom. The highest BCUT2D eigenvalue weighted by molar-refractivity contribution is 5.74. The molecule has 0 aliphatic carbocycles. The van der Waals surface area contributed by atoms with E-state index in [2.05, 4.69) is 45.3 Å². The van der Waals surface area contributed by atoms with E-state index >= 15 is 0 Å². The molecular weight excluding hydrogens is 384 g/mol. The summed E-state index contributed by atoms with van der Waals surface area (Å²) in [4.78, 5) is 25.4. The minimum Gasteiger partial charge on any atom is -0.370 e. The normalized spacial score (nSPS) is 13.0. The average molecular weight is 417 g/mol. The molecule has 0 bridgehead atoms. The number of rotatable bonds is 9. The predicted molar refractivity (Wildman–Crippen MR) is 124 cm³/mol. The van der Waals surface area contributed by atoms with Gasteiger partial charge in [-0.15, -0.1) is 0 Å². The van der Waals surface area contributed by atoms with Gasteiger partial charge in [0.05, 0.1) is 0 Å². The van der Waals surface area contributed by atoms with Crippen molar-refractivity contribution in [3.8, 4) is 0 Å². The third-order valence-electron chi connectivity index (χ3n) is 5.69. The second-order valence-corrected chi connectivity index (χ2v) is 8.58. The molecule has 3 aromatic heterocycles. The average Bonchev–Trinajstić information content (AvgIpc) is 2.68. The number of aryl methyl sites for hydroxylation is 5. The summed E-state index contributed by atoms with van der Waals surface area (Å²) in [6.45, 7) is 8.07. The second-order valence-electron chi connectivity index (χ2n) is 8.58. The van der Waals surface area contributed by atoms with Crippen molar-refractivity contribution in [3.63, 3.8) is 0 Å². The first kappa shape index (κ1) is 22.6. The van der Waals surface area contributed by atoms with E-state index < -0.39 is 0 Å². The molecule has 0 aliphatic rings. The number of primary amides is 1. The lowest BCUT2D eigenvalue weighted by Gasteiger charge is -2.28. The monoisotopic (exact) mass is 416 g/mol. The van der Waals surface area contributed by atoms with E-state index in [1.807, 2.05) is 40.0 Å². The van der Waals surface area contributed by atoms with Gasteiger partial charge in [0.25, 0.3) is 0 Å².